The van der Waals surface area contributed by atoms with Crippen molar-refractivity contribution in [3.63, 3.8) is 0 Å². The molecule has 3 nitrogen and oxygen atoms in total. The molecule has 0 fully saturated rings. The Morgan fingerprint density at radius 2 is 2.08 bits per heavy atom. The molecule has 0 rings (SSSR count). The van der Waals surface area contributed by atoms with Gasteiger partial charge in [0.15, 0.2) is 0 Å². The standard InChI is InChI=1S/C10H20O3/c1-4-6-10(13-8(3)11)7-9(12)5-2/h9-10,12H,4-7H2,1-3H3. The minimum Gasteiger partial charge on any atom is -0.462 e. The molecule has 0 aromatic carbocycles. The van der Waals surface area contributed by atoms with E-state index in [9.17, 15) is 9.90 Å². The van der Waals surface area contributed by atoms with Crippen molar-refractivity contribution >= 4 is 5.97 Å². The molecule has 0 saturated carbocycles. The molecule has 3 heteroatoms. The number of hydrogen-bond acceptors (Lipinski definition) is 3. The molecule has 2 atom stereocenters. The Morgan fingerprint density at radius 1 is 1.46 bits per heavy atom. The van der Waals surface area contributed by atoms with Crippen LogP contribution in [0.5, 0.6) is 0 Å². The van der Waals surface area contributed by atoms with Crippen LogP contribution in [0.3, 0.4) is 0 Å². The number of rotatable bonds is 6. The molecule has 0 saturated heterocycles. The van der Waals surface area contributed by atoms with E-state index in [0.717, 1.165) is 12.8 Å². The normalized spacial score (nSPS) is 15.1. The number of aliphatic hydroxyl groups is 1. The maximum atomic E-state index is 10.7. The molecule has 0 aromatic heterocycles. The average Bonchev–Trinajstić information content (AvgIpc) is 2.03. The van der Waals surface area contributed by atoms with Gasteiger partial charge in [-0.15, -0.1) is 0 Å². The SMILES string of the molecule is CCCC(CC(O)CC)OC(C)=O. The largest absolute Gasteiger partial charge is 0.462 e. The van der Waals surface area contributed by atoms with E-state index in [1.54, 1.807) is 0 Å². The maximum absolute atomic E-state index is 10.7. The van der Waals surface area contributed by atoms with Gasteiger partial charge in [0.05, 0.1) is 6.10 Å². The summed E-state index contributed by atoms with van der Waals surface area (Å²) in [5.41, 5.74) is 0. The molecular weight excluding hydrogens is 168 g/mol. The summed E-state index contributed by atoms with van der Waals surface area (Å²) < 4.78 is 5.06. The third-order valence-electron chi connectivity index (χ3n) is 1.95. The van der Waals surface area contributed by atoms with Gasteiger partial charge < -0.3 is 9.84 Å². The first kappa shape index (κ1) is 12.4. The van der Waals surface area contributed by atoms with E-state index < -0.39 is 0 Å². The fraction of sp³-hybridized carbons (Fsp3) is 0.900. The number of aliphatic hydroxyl groups excluding tert-OH is 1. The van der Waals surface area contributed by atoms with Gasteiger partial charge in [0.1, 0.15) is 6.10 Å². The third kappa shape index (κ3) is 6.58. The first-order valence-corrected chi connectivity index (χ1v) is 4.95. The van der Waals surface area contributed by atoms with Crippen LogP contribution in [0.2, 0.25) is 0 Å². The molecule has 0 heterocycles. The van der Waals surface area contributed by atoms with Crippen LogP contribution < -0.4 is 0 Å². The van der Waals surface area contributed by atoms with E-state index in [0.29, 0.717) is 12.8 Å². The Morgan fingerprint density at radius 3 is 2.46 bits per heavy atom. The van der Waals surface area contributed by atoms with Crippen LogP contribution in [0.25, 0.3) is 0 Å². The van der Waals surface area contributed by atoms with Crippen LogP contribution in [-0.2, 0) is 9.53 Å². The minimum absolute atomic E-state index is 0.113. The molecule has 0 spiro atoms. The Balaban J connectivity index is 3.85. The van der Waals surface area contributed by atoms with Crippen molar-refractivity contribution in [3.05, 3.63) is 0 Å². The summed E-state index contributed by atoms with van der Waals surface area (Å²) in [7, 11) is 0. The Labute approximate surface area is 80.1 Å². The van der Waals surface area contributed by atoms with Crippen LogP contribution in [0, 0.1) is 0 Å². The predicted octanol–water partition coefficient (Wildman–Crippen LogP) is 1.88. The average molecular weight is 188 g/mol. The lowest BCUT2D eigenvalue weighted by Gasteiger charge is -2.18. The molecule has 0 aliphatic heterocycles. The Hall–Kier alpha value is -0.570. The number of ether oxygens (including phenoxy) is 1. The fourth-order valence-corrected chi connectivity index (χ4v) is 1.25. The van der Waals surface area contributed by atoms with Gasteiger partial charge >= 0.3 is 5.97 Å². The van der Waals surface area contributed by atoms with Crippen molar-refractivity contribution in [1.82, 2.24) is 0 Å². The molecule has 2 unspecified atom stereocenters. The van der Waals surface area contributed by atoms with Crippen LogP contribution in [-0.4, -0.2) is 23.3 Å². The first-order chi connectivity index (χ1) is 6.10. The van der Waals surface area contributed by atoms with E-state index in [1.807, 2.05) is 13.8 Å². The number of carbonyl (C=O) groups excluding carboxylic acids is 1. The van der Waals surface area contributed by atoms with Gasteiger partial charge in [-0.25, -0.2) is 0 Å². The van der Waals surface area contributed by atoms with Gasteiger partial charge in [0.25, 0.3) is 0 Å². The van der Waals surface area contributed by atoms with Gasteiger partial charge in [-0.2, -0.15) is 0 Å². The van der Waals surface area contributed by atoms with E-state index in [2.05, 4.69) is 0 Å². The quantitative estimate of drug-likeness (QED) is 0.647. The van der Waals surface area contributed by atoms with Gasteiger partial charge in [-0.1, -0.05) is 20.3 Å². The Kier molecular flexibility index (Phi) is 6.59. The van der Waals surface area contributed by atoms with Crippen molar-refractivity contribution in [1.29, 1.82) is 0 Å². The number of esters is 1. The van der Waals surface area contributed by atoms with Crippen molar-refractivity contribution in [2.75, 3.05) is 0 Å². The highest BCUT2D eigenvalue weighted by molar-refractivity contribution is 5.66. The summed E-state index contributed by atoms with van der Waals surface area (Å²) in [5, 5.41) is 9.38. The van der Waals surface area contributed by atoms with Crippen LogP contribution in [0.4, 0.5) is 0 Å². The summed E-state index contributed by atoms with van der Waals surface area (Å²) in [4.78, 5) is 10.7. The smallest absolute Gasteiger partial charge is 0.302 e. The van der Waals surface area contributed by atoms with Crippen molar-refractivity contribution in [2.45, 2.75) is 58.7 Å². The first-order valence-electron chi connectivity index (χ1n) is 4.95. The summed E-state index contributed by atoms with van der Waals surface area (Å²) in [6.07, 6.45) is 2.60. The second-order valence-corrected chi connectivity index (χ2v) is 3.32. The second kappa shape index (κ2) is 6.89. The molecule has 0 amide bonds. The number of hydrogen-bond donors (Lipinski definition) is 1. The summed E-state index contributed by atoms with van der Waals surface area (Å²) >= 11 is 0. The highest BCUT2D eigenvalue weighted by Crippen LogP contribution is 2.11. The van der Waals surface area contributed by atoms with Gasteiger partial charge in [-0.3, -0.25) is 4.79 Å². The highest BCUT2D eigenvalue weighted by Gasteiger charge is 2.14. The van der Waals surface area contributed by atoms with E-state index >= 15 is 0 Å². The zero-order chi connectivity index (χ0) is 10.3. The monoisotopic (exact) mass is 188 g/mol. The van der Waals surface area contributed by atoms with E-state index in [1.165, 1.54) is 6.92 Å². The van der Waals surface area contributed by atoms with Gasteiger partial charge in [0, 0.05) is 13.3 Å². The summed E-state index contributed by atoms with van der Waals surface area (Å²) in [5.74, 6) is -0.262. The highest BCUT2D eigenvalue weighted by atomic mass is 16.5. The lowest BCUT2D eigenvalue weighted by Crippen LogP contribution is -2.22. The second-order valence-electron chi connectivity index (χ2n) is 3.32. The van der Waals surface area contributed by atoms with Crippen molar-refractivity contribution < 1.29 is 14.6 Å². The van der Waals surface area contributed by atoms with Crippen molar-refractivity contribution in [2.24, 2.45) is 0 Å². The van der Waals surface area contributed by atoms with Crippen LogP contribution in [0.1, 0.15) is 46.5 Å². The molecule has 0 aromatic rings. The molecule has 13 heavy (non-hydrogen) atoms. The van der Waals surface area contributed by atoms with E-state index in [4.69, 9.17) is 4.74 Å². The van der Waals surface area contributed by atoms with Crippen molar-refractivity contribution in [3.8, 4) is 0 Å². The Bertz CT molecular complexity index is 145. The summed E-state index contributed by atoms with van der Waals surface area (Å²) in [6, 6.07) is 0. The zero-order valence-electron chi connectivity index (χ0n) is 8.75. The lowest BCUT2D eigenvalue weighted by molar-refractivity contribution is -0.148. The summed E-state index contributed by atoms with van der Waals surface area (Å²) in [6.45, 7) is 5.36. The maximum Gasteiger partial charge on any atom is 0.302 e. The topological polar surface area (TPSA) is 46.5 Å². The third-order valence-corrected chi connectivity index (χ3v) is 1.95. The molecule has 0 aliphatic carbocycles. The molecule has 0 aliphatic rings. The number of carbonyl (C=O) groups is 1. The van der Waals surface area contributed by atoms with Crippen LogP contribution in [0.15, 0.2) is 0 Å². The molecule has 78 valence electrons. The van der Waals surface area contributed by atoms with Crippen LogP contribution >= 0.6 is 0 Å². The van der Waals surface area contributed by atoms with Gasteiger partial charge in [0.2, 0.25) is 0 Å². The minimum atomic E-state index is -0.351. The lowest BCUT2D eigenvalue weighted by atomic mass is 10.1. The predicted molar refractivity (Wildman–Crippen MR) is 51.4 cm³/mol. The van der Waals surface area contributed by atoms with Gasteiger partial charge in [-0.05, 0) is 12.8 Å². The molecular formula is C10H20O3. The molecule has 1 N–H and O–H groups in total. The molecule has 0 radical (unpaired) electrons. The molecule has 0 bridgehead atoms. The van der Waals surface area contributed by atoms with E-state index in [-0.39, 0.29) is 18.2 Å². The fourth-order valence-electron chi connectivity index (χ4n) is 1.25. The zero-order valence-corrected chi connectivity index (χ0v) is 8.75.